The summed E-state index contributed by atoms with van der Waals surface area (Å²) in [5.74, 6) is 0.347. The van der Waals surface area contributed by atoms with Gasteiger partial charge in [-0.1, -0.05) is 44.9 Å². The van der Waals surface area contributed by atoms with Crippen molar-refractivity contribution in [2.75, 3.05) is 13.1 Å². The van der Waals surface area contributed by atoms with E-state index in [1.165, 1.54) is 0 Å². The molecule has 34 heavy (non-hydrogen) atoms. The Kier molecular flexibility index (Phi) is 10.1. The van der Waals surface area contributed by atoms with Crippen molar-refractivity contribution in [1.82, 2.24) is 20.4 Å². The highest BCUT2D eigenvalue weighted by molar-refractivity contribution is 5.96. The monoisotopic (exact) mass is 470 g/mol. The number of nitrogens with one attached hydrogen (secondary N) is 2. The summed E-state index contributed by atoms with van der Waals surface area (Å²) in [5, 5.41) is 10.7. The molecule has 2 aromatic rings. The number of carbonyl (C=O) groups excluding carboxylic acids is 2. The van der Waals surface area contributed by atoms with Gasteiger partial charge in [0.15, 0.2) is 0 Å². The molecule has 0 atom stereocenters. The maximum absolute atomic E-state index is 13.1. The predicted octanol–water partition coefficient (Wildman–Crippen LogP) is 5.50. The zero-order valence-corrected chi connectivity index (χ0v) is 22.0. The summed E-state index contributed by atoms with van der Waals surface area (Å²) in [6, 6.07) is 8.09. The number of aromatic nitrogens is 2. The first-order valence-electron chi connectivity index (χ1n) is 12.4. The van der Waals surface area contributed by atoms with Crippen molar-refractivity contribution >= 4 is 12.0 Å². The molecule has 0 fully saturated rings. The summed E-state index contributed by atoms with van der Waals surface area (Å²) >= 11 is 0. The minimum absolute atomic E-state index is 0.0559. The van der Waals surface area contributed by atoms with Crippen LogP contribution in [0.2, 0.25) is 0 Å². The average molecular weight is 471 g/mol. The lowest BCUT2D eigenvalue weighted by Crippen LogP contribution is -2.33. The lowest BCUT2D eigenvalue weighted by molar-refractivity contribution is 0.0526. The second-order valence-corrected chi connectivity index (χ2v) is 10.3. The number of unbranched alkanes of at least 4 members (excludes halogenated alkanes) is 3. The van der Waals surface area contributed by atoms with Crippen molar-refractivity contribution in [2.45, 2.75) is 86.2 Å². The topological polar surface area (TPSA) is 85.3 Å². The first-order chi connectivity index (χ1) is 16.0. The third-order valence-electron chi connectivity index (χ3n) is 5.42. The third-order valence-corrected chi connectivity index (χ3v) is 5.42. The van der Waals surface area contributed by atoms with Gasteiger partial charge in [-0.2, -0.15) is 5.10 Å². The van der Waals surface area contributed by atoms with E-state index in [9.17, 15) is 9.59 Å². The van der Waals surface area contributed by atoms with E-state index in [1.54, 1.807) is 0 Å². The summed E-state index contributed by atoms with van der Waals surface area (Å²) in [6.45, 7) is 15.1. The van der Waals surface area contributed by atoms with Crippen molar-refractivity contribution in [3.05, 3.63) is 46.8 Å². The fraction of sp³-hybridized carbons (Fsp3) is 0.593. The van der Waals surface area contributed by atoms with Gasteiger partial charge in [0.25, 0.3) is 5.91 Å². The van der Waals surface area contributed by atoms with Gasteiger partial charge in [0.05, 0.1) is 22.6 Å². The van der Waals surface area contributed by atoms with Gasteiger partial charge < -0.3 is 15.4 Å². The van der Waals surface area contributed by atoms with Crippen molar-refractivity contribution < 1.29 is 14.3 Å². The van der Waals surface area contributed by atoms with Crippen LogP contribution in [0.4, 0.5) is 4.79 Å². The molecular formula is C27H42N4O3. The molecule has 1 aromatic heterocycles. The highest BCUT2D eigenvalue weighted by Gasteiger charge is 2.22. The number of para-hydroxylation sites is 1. The first kappa shape index (κ1) is 27.4. The summed E-state index contributed by atoms with van der Waals surface area (Å²) in [7, 11) is 0. The van der Waals surface area contributed by atoms with Crippen LogP contribution in [0.15, 0.2) is 24.3 Å². The second kappa shape index (κ2) is 12.6. The number of benzene rings is 1. The normalized spacial score (nSPS) is 11.5. The molecule has 1 heterocycles. The maximum Gasteiger partial charge on any atom is 0.407 e. The summed E-state index contributed by atoms with van der Waals surface area (Å²) in [6.07, 6.45) is 4.12. The van der Waals surface area contributed by atoms with Crippen molar-refractivity contribution in [3.63, 3.8) is 0 Å². The zero-order valence-electron chi connectivity index (χ0n) is 22.0. The van der Waals surface area contributed by atoms with Crippen LogP contribution in [-0.2, 0) is 11.2 Å². The van der Waals surface area contributed by atoms with Crippen LogP contribution in [0.5, 0.6) is 0 Å². The average Bonchev–Trinajstić information content (AvgIpc) is 3.03. The SMILES string of the molecule is Cc1ccccc1-n1nc(CC(C)C)c(C(=O)NCCCCCCNC(=O)OC(C)(C)C)c1C. The highest BCUT2D eigenvalue weighted by atomic mass is 16.6. The largest absolute Gasteiger partial charge is 0.444 e. The number of rotatable bonds is 11. The van der Waals surface area contributed by atoms with E-state index in [4.69, 9.17) is 9.84 Å². The molecule has 188 valence electrons. The molecule has 0 saturated heterocycles. The van der Waals surface area contributed by atoms with Gasteiger partial charge in [-0.15, -0.1) is 0 Å². The summed E-state index contributed by atoms with van der Waals surface area (Å²) < 4.78 is 7.13. The molecule has 0 unspecified atom stereocenters. The lowest BCUT2D eigenvalue weighted by atomic mass is 10.0. The molecular weight excluding hydrogens is 428 g/mol. The molecule has 0 saturated carbocycles. The van der Waals surface area contributed by atoms with Crippen molar-refractivity contribution in [1.29, 1.82) is 0 Å². The molecule has 1 aromatic carbocycles. The number of hydrogen-bond donors (Lipinski definition) is 2. The Bertz CT molecular complexity index is 957. The van der Waals surface area contributed by atoms with Crippen LogP contribution in [0.1, 0.15) is 87.6 Å². The molecule has 7 nitrogen and oxygen atoms in total. The van der Waals surface area contributed by atoms with E-state index < -0.39 is 5.60 Å². The van der Waals surface area contributed by atoms with Crippen LogP contribution in [0.3, 0.4) is 0 Å². The van der Waals surface area contributed by atoms with Crippen LogP contribution < -0.4 is 10.6 Å². The van der Waals surface area contributed by atoms with E-state index >= 15 is 0 Å². The predicted molar refractivity (Wildman–Crippen MR) is 137 cm³/mol. The number of hydrogen-bond acceptors (Lipinski definition) is 4. The Labute approximate surface area is 204 Å². The zero-order chi connectivity index (χ0) is 25.3. The van der Waals surface area contributed by atoms with E-state index in [2.05, 4.69) is 37.5 Å². The van der Waals surface area contributed by atoms with Gasteiger partial charge in [0.2, 0.25) is 0 Å². The number of alkyl carbamates (subject to hydrolysis) is 1. The number of aryl methyl sites for hydroxylation is 1. The molecule has 2 N–H and O–H groups in total. The fourth-order valence-electron chi connectivity index (χ4n) is 3.82. The Morgan fingerprint density at radius 3 is 2.21 bits per heavy atom. The molecule has 0 spiro atoms. The van der Waals surface area contributed by atoms with E-state index in [0.29, 0.717) is 24.6 Å². The van der Waals surface area contributed by atoms with E-state index in [-0.39, 0.29) is 12.0 Å². The van der Waals surface area contributed by atoms with Crippen molar-refractivity contribution in [2.24, 2.45) is 5.92 Å². The highest BCUT2D eigenvalue weighted by Crippen LogP contribution is 2.23. The number of carbonyl (C=O) groups is 2. The molecule has 0 aliphatic rings. The van der Waals surface area contributed by atoms with Gasteiger partial charge >= 0.3 is 6.09 Å². The maximum atomic E-state index is 13.1. The van der Waals surface area contributed by atoms with Gasteiger partial charge in [-0.25, -0.2) is 9.48 Å². The Hall–Kier alpha value is -2.83. The smallest absolute Gasteiger partial charge is 0.407 e. The van der Waals surface area contributed by atoms with Gasteiger partial charge in [-0.3, -0.25) is 4.79 Å². The van der Waals surface area contributed by atoms with Crippen LogP contribution in [-0.4, -0.2) is 40.5 Å². The Balaban J connectivity index is 1.86. The molecule has 2 rings (SSSR count). The van der Waals surface area contributed by atoms with Gasteiger partial charge in [-0.05, 0) is 71.4 Å². The van der Waals surface area contributed by atoms with Crippen LogP contribution in [0, 0.1) is 19.8 Å². The minimum atomic E-state index is -0.480. The fourth-order valence-corrected chi connectivity index (χ4v) is 3.82. The van der Waals surface area contributed by atoms with Gasteiger partial charge in [0.1, 0.15) is 5.60 Å². The van der Waals surface area contributed by atoms with E-state index in [1.807, 2.05) is 50.6 Å². The third kappa shape index (κ3) is 8.50. The molecule has 2 amide bonds. The molecule has 0 aliphatic heterocycles. The number of ether oxygens (including phenoxy) is 1. The standard InChI is InChI=1S/C27H42N4O3/c1-19(2)18-22-24(21(4)31(30-22)23-15-11-10-14-20(23)3)25(32)28-16-12-8-9-13-17-29-26(33)34-27(5,6)7/h10-11,14-15,19H,8-9,12-13,16-18H2,1-7H3,(H,28,32)(H,29,33). The Morgan fingerprint density at radius 2 is 1.62 bits per heavy atom. The summed E-state index contributed by atoms with van der Waals surface area (Å²) in [4.78, 5) is 24.7. The van der Waals surface area contributed by atoms with Crippen molar-refractivity contribution in [3.8, 4) is 5.69 Å². The molecule has 0 aliphatic carbocycles. The lowest BCUT2D eigenvalue weighted by Gasteiger charge is -2.19. The first-order valence-corrected chi connectivity index (χ1v) is 12.4. The molecule has 0 radical (unpaired) electrons. The minimum Gasteiger partial charge on any atom is -0.444 e. The van der Waals surface area contributed by atoms with E-state index in [0.717, 1.165) is 54.7 Å². The van der Waals surface area contributed by atoms with Crippen LogP contribution >= 0.6 is 0 Å². The van der Waals surface area contributed by atoms with Gasteiger partial charge in [0, 0.05) is 13.1 Å². The number of amides is 2. The van der Waals surface area contributed by atoms with Crippen LogP contribution in [0.25, 0.3) is 5.69 Å². The summed E-state index contributed by atoms with van der Waals surface area (Å²) in [5.41, 5.74) is 4.06. The second-order valence-electron chi connectivity index (χ2n) is 10.3. The quantitative estimate of drug-likeness (QED) is 0.425. The molecule has 7 heteroatoms. The Morgan fingerprint density at radius 1 is 1.00 bits per heavy atom. The molecule has 0 bridgehead atoms. The number of nitrogens with zero attached hydrogens (tertiary/aromatic N) is 2.